The molecule has 0 saturated carbocycles. The number of hydrazine groups is 1. The molecule has 4 rings (SSSR count). The first-order valence-corrected chi connectivity index (χ1v) is 9.78. The highest BCUT2D eigenvalue weighted by molar-refractivity contribution is 5.94. The predicted molar refractivity (Wildman–Crippen MR) is 105 cm³/mol. The van der Waals surface area contributed by atoms with Crippen LogP contribution in [0.3, 0.4) is 0 Å². The van der Waals surface area contributed by atoms with Crippen LogP contribution >= 0.6 is 0 Å². The predicted octanol–water partition coefficient (Wildman–Crippen LogP) is 1.42. The number of nitrogens with zero attached hydrogens (tertiary/aromatic N) is 3. The minimum absolute atomic E-state index is 0.0253. The molecule has 29 heavy (non-hydrogen) atoms. The summed E-state index contributed by atoms with van der Waals surface area (Å²) >= 11 is 0. The maximum Gasteiger partial charge on any atom is 0.254 e. The Balaban J connectivity index is 1.32. The van der Waals surface area contributed by atoms with Crippen molar-refractivity contribution in [1.29, 1.82) is 0 Å². The van der Waals surface area contributed by atoms with Crippen molar-refractivity contribution in [2.45, 2.75) is 25.4 Å². The number of piperazine rings is 1. The van der Waals surface area contributed by atoms with E-state index in [-0.39, 0.29) is 29.7 Å². The highest BCUT2D eigenvalue weighted by Gasteiger charge is 2.34. The lowest BCUT2D eigenvalue weighted by Gasteiger charge is -2.36. The fourth-order valence-corrected chi connectivity index (χ4v) is 3.78. The van der Waals surface area contributed by atoms with E-state index < -0.39 is 0 Å². The van der Waals surface area contributed by atoms with Crippen molar-refractivity contribution >= 4 is 11.8 Å². The quantitative estimate of drug-likeness (QED) is 0.819. The fraction of sp³-hybridized carbons (Fsp3) is 0.381. The standard InChI is InChI=1S/C21H24FN5O2/c1-14-4-5-15(11-17(14)22)20(28)26-7-9-27(10-8-26)21(29)19-12-18(24-25-19)16-3-2-6-23-13-16/h2-6,11,13,18-19,24-25H,7-10,12H2,1H3. The first kappa shape index (κ1) is 19.5. The second-order valence-corrected chi connectivity index (χ2v) is 7.50. The number of amides is 2. The summed E-state index contributed by atoms with van der Waals surface area (Å²) in [5.41, 5.74) is 8.14. The van der Waals surface area contributed by atoms with Crippen LogP contribution in [0.5, 0.6) is 0 Å². The van der Waals surface area contributed by atoms with Crippen LogP contribution in [0.25, 0.3) is 0 Å². The summed E-state index contributed by atoms with van der Waals surface area (Å²) in [6.45, 7) is 3.47. The highest BCUT2D eigenvalue weighted by Crippen LogP contribution is 2.23. The van der Waals surface area contributed by atoms with Gasteiger partial charge in [0, 0.05) is 50.2 Å². The maximum atomic E-state index is 13.8. The molecule has 152 valence electrons. The topological polar surface area (TPSA) is 77.6 Å². The molecule has 2 saturated heterocycles. The third kappa shape index (κ3) is 4.13. The van der Waals surface area contributed by atoms with Crippen LogP contribution < -0.4 is 10.9 Å². The van der Waals surface area contributed by atoms with Crippen LogP contribution in [0.1, 0.15) is 33.9 Å². The molecule has 1 aromatic heterocycles. The molecule has 2 aliphatic heterocycles. The van der Waals surface area contributed by atoms with Gasteiger partial charge in [-0.3, -0.25) is 14.6 Å². The minimum Gasteiger partial charge on any atom is -0.338 e. The lowest BCUT2D eigenvalue weighted by atomic mass is 10.0. The van der Waals surface area contributed by atoms with E-state index in [1.54, 1.807) is 41.2 Å². The average molecular weight is 397 g/mol. The van der Waals surface area contributed by atoms with Gasteiger partial charge in [0.25, 0.3) is 5.91 Å². The maximum absolute atomic E-state index is 13.8. The Kier molecular flexibility index (Phi) is 5.55. The van der Waals surface area contributed by atoms with Crippen molar-refractivity contribution in [3.05, 3.63) is 65.2 Å². The van der Waals surface area contributed by atoms with Crippen molar-refractivity contribution in [1.82, 2.24) is 25.6 Å². The number of carbonyl (C=O) groups excluding carboxylic acids is 2. The molecular weight excluding hydrogens is 373 g/mol. The molecule has 2 amide bonds. The van der Waals surface area contributed by atoms with Crippen molar-refractivity contribution in [3.8, 4) is 0 Å². The molecule has 2 fully saturated rings. The lowest BCUT2D eigenvalue weighted by Crippen LogP contribution is -2.54. The smallest absolute Gasteiger partial charge is 0.254 e. The lowest BCUT2D eigenvalue weighted by molar-refractivity contribution is -0.134. The number of aryl methyl sites for hydroxylation is 1. The normalized spacial score (nSPS) is 22.0. The minimum atomic E-state index is -0.382. The van der Waals surface area contributed by atoms with Gasteiger partial charge in [0.2, 0.25) is 5.91 Å². The second kappa shape index (κ2) is 8.26. The molecule has 0 spiro atoms. The first-order chi connectivity index (χ1) is 14.0. The van der Waals surface area contributed by atoms with Crippen LogP contribution in [0.2, 0.25) is 0 Å². The summed E-state index contributed by atoms with van der Waals surface area (Å²) in [6.07, 6.45) is 4.16. The highest BCUT2D eigenvalue weighted by atomic mass is 19.1. The van der Waals surface area contributed by atoms with Crippen molar-refractivity contribution < 1.29 is 14.0 Å². The molecular formula is C21H24FN5O2. The molecule has 8 heteroatoms. The van der Waals surface area contributed by atoms with Gasteiger partial charge in [-0.05, 0) is 42.7 Å². The molecule has 1 aromatic carbocycles. The van der Waals surface area contributed by atoms with Crippen LogP contribution in [0.15, 0.2) is 42.7 Å². The molecule has 2 aromatic rings. The van der Waals surface area contributed by atoms with E-state index in [1.807, 2.05) is 12.1 Å². The van der Waals surface area contributed by atoms with Crippen LogP contribution in [0.4, 0.5) is 4.39 Å². The number of hydrogen-bond acceptors (Lipinski definition) is 5. The molecule has 0 aliphatic carbocycles. The Hall–Kier alpha value is -2.84. The Labute approximate surface area is 168 Å². The van der Waals surface area contributed by atoms with E-state index in [2.05, 4.69) is 15.8 Å². The van der Waals surface area contributed by atoms with Gasteiger partial charge >= 0.3 is 0 Å². The molecule has 2 atom stereocenters. The van der Waals surface area contributed by atoms with Gasteiger partial charge in [0.05, 0.1) is 0 Å². The molecule has 0 radical (unpaired) electrons. The van der Waals surface area contributed by atoms with E-state index >= 15 is 0 Å². The molecule has 0 bridgehead atoms. The number of nitrogens with one attached hydrogen (secondary N) is 2. The fourth-order valence-electron chi connectivity index (χ4n) is 3.78. The summed E-state index contributed by atoms with van der Waals surface area (Å²) in [5.74, 6) is -0.557. The summed E-state index contributed by atoms with van der Waals surface area (Å²) in [6, 6.07) is 8.12. The number of benzene rings is 1. The van der Waals surface area contributed by atoms with Gasteiger partial charge in [-0.1, -0.05) is 12.1 Å². The summed E-state index contributed by atoms with van der Waals surface area (Å²) in [4.78, 5) is 33.1. The van der Waals surface area contributed by atoms with E-state index in [0.717, 1.165) is 5.56 Å². The van der Waals surface area contributed by atoms with Crippen LogP contribution in [0, 0.1) is 12.7 Å². The number of halogens is 1. The van der Waals surface area contributed by atoms with Crippen LogP contribution in [-0.2, 0) is 4.79 Å². The van der Waals surface area contributed by atoms with E-state index in [0.29, 0.717) is 43.7 Å². The third-order valence-corrected chi connectivity index (χ3v) is 5.59. The zero-order valence-corrected chi connectivity index (χ0v) is 16.3. The Morgan fingerprint density at radius 3 is 2.55 bits per heavy atom. The van der Waals surface area contributed by atoms with Gasteiger partial charge in [-0.15, -0.1) is 0 Å². The Bertz CT molecular complexity index is 899. The van der Waals surface area contributed by atoms with Gasteiger partial charge in [0.15, 0.2) is 0 Å². The first-order valence-electron chi connectivity index (χ1n) is 9.78. The van der Waals surface area contributed by atoms with Crippen molar-refractivity contribution in [3.63, 3.8) is 0 Å². The van der Waals surface area contributed by atoms with Gasteiger partial charge in [-0.25, -0.2) is 15.2 Å². The van der Waals surface area contributed by atoms with Crippen molar-refractivity contribution in [2.75, 3.05) is 26.2 Å². The monoisotopic (exact) mass is 397 g/mol. The number of aromatic nitrogens is 1. The number of carbonyl (C=O) groups is 2. The largest absolute Gasteiger partial charge is 0.338 e. The zero-order valence-electron chi connectivity index (χ0n) is 16.3. The Morgan fingerprint density at radius 2 is 1.86 bits per heavy atom. The van der Waals surface area contributed by atoms with E-state index in [1.165, 1.54) is 6.07 Å². The number of pyridine rings is 1. The third-order valence-electron chi connectivity index (χ3n) is 5.59. The molecule has 3 heterocycles. The summed E-state index contributed by atoms with van der Waals surface area (Å²) < 4.78 is 13.8. The van der Waals surface area contributed by atoms with Crippen molar-refractivity contribution in [2.24, 2.45) is 0 Å². The van der Waals surface area contributed by atoms with Crippen LogP contribution in [-0.4, -0.2) is 58.8 Å². The molecule has 7 nitrogen and oxygen atoms in total. The summed E-state index contributed by atoms with van der Waals surface area (Å²) in [7, 11) is 0. The Morgan fingerprint density at radius 1 is 1.10 bits per heavy atom. The molecule has 2 unspecified atom stereocenters. The number of rotatable bonds is 3. The average Bonchev–Trinajstić information content (AvgIpc) is 3.26. The SMILES string of the molecule is Cc1ccc(C(=O)N2CCN(C(=O)C3CC(c4cccnc4)NN3)CC2)cc1F. The number of hydrogen-bond donors (Lipinski definition) is 2. The van der Waals surface area contributed by atoms with Gasteiger partial charge < -0.3 is 9.80 Å². The molecule has 2 N–H and O–H groups in total. The second-order valence-electron chi connectivity index (χ2n) is 7.50. The van der Waals surface area contributed by atoms with E-state index in [4.69, 9.17) is 0 Å². The van der Waals surface area contributed by atoms with Gasteiger partial charge in [0.1, 0.15) is 11.9 Å². The van der Waals surface area contributed by atoms with E-state index in [9.17, 15) is 14.0 Å². The van der Waals surface area contributed by atoms with Gasteiger partial charge in [-0.2, -0.15) is 0 Å². The summed E-state index contributed by atoms with van der Waals surface area (Å²) in [5, 5.41) is 0. The molecule has 2 aliphatic rings. The zero-order chi connectivity index (χ0) is 20.4.